The van der Waals surface area contributed by atoms with Gasteiger partial charge in [0.15, 0.2) is 18.1 Å². The Morgan fingerprint density at radius 2 is 1.74 bits per heavy atom. The zero-order valence-electron chi connectivity index (χ0n) is 18.0. The highest BCUT2D eigenvalue weighted by molar-refractivity contribution is 6.31. The van der Waals surface area contributed by atoms with E-state index in [0.29, 0.717) is 24.7 Å². The fourth-order valence-corrected chi connectivity index (χ4v) is 3.18. The fraction of sp³-hybridized carbons (Fsp3) is 0.240. The Hall–Kier alpha value is -3.18. The first-order chi connectivity index (χ1) is 15.0. The molecule has 3 rings (SSSR count). The van der Waals surface area contributed by atoms with Gasteiger partial charge in [0, 0.05) is 22.9 Å². The summed E-state index contributed by atoms with van der Waals surface area (Å²) in [6.45, 7) is 6.83. The minimum atomic E-state index is -0.223. The number of hydrogen-bond donors (Lipinski definition) is 2. The van der Waals surface area contributed by atoms with Crippen LogP contribution in [0.2, 0.25) is 5.02 Å². The second-order valence-corrected chi connectivity index (χ2v) is 7.59. The van der Waals surface area contributed by atoms with Gasteiger partial charge in [0.25, 0.3) is 5.91 Å². The molecule has 0 aliphatic rings. The van der Waals surface area contributed by atoms with Crippen molar-refractivity contribution in [1.82, 2.24) is 0 Å². The van der Waals surface area contributed by atoms with Crippen LogP contribution in [0.5, 0.6) is 11.5 Å². The Balaban J connectivity index is 1.62. The average molecular weight is 439 g/mol. The second kappa shape index (κ2) is 10.7. The molecular weight excluding hydrogens is 412 g/mol. The third-order valence-electron chi connectivity index (χ3n) is 4.75. The van der Waals surface area contributed by atoms with E-state index in [1.165, 1.54) is 0 Å². The first-order valence-electron chi connectivity index (χ1n) is 10.2. The topological polar surface area (TPSA) is 59.6 Å². The summed E-state index contributed by atoms with van der Waals surface area (Å²) in [4.78, 5) is 12.3. The third kappa shape index (κ3) is 6.40. The van der Waals surface area contributed by atoms with Gasteiger partial charge < -0.3 is 20.1 Å². The van der Waals surface area contributed by atoms with Crippen molar-refractivity contribution in [2.24, 2.45) is 0 Å². The molecule has 3 aromatic carbocycles. The number of amides is 1. The second-order valence-electron chi connectivity index (χ2n) is 7.18. The monoisotopic (exact) mass is 438 g/mol. The Kier molecular flexibility index (Phi) is 7.79. The van der Waals surface area contributed by atoms with Crippen molar-refractivity contribution < 1.29 is 14.3 Å². The summed E-state index contributed by atoms with van der Waals surface area (Å²) >= 11 is 6.19. The molecule has 0 atom stereocenters. The van der Waals surface area contributed by atoms with E-state index in [4.69, 9.17) is 21.1 Å². The summed E-state index contributed by atoms with van der Waals surface area (Å²) in [7, 11) is 0. The zero-order chi connectivity index (χ0) is 22.2. The van der Waals surface area contributed by atoms with Gasteiger partial charge in [0.1, 0.15) is 0 Å². The van der Waals surface area contributed by atoms with Gasteiger partial charge in [0.2, 0.25) is 0 Å². The van der Waals surface area contributed by atoms with Gasteiger partial charge in [-0.25, -0.2) is 0 Å². The number of halogens is 1. The molecule has 0 spiro atoms. The largest absolute Gasteiger partial charge is 0.490 e. The minimum absolute atomic E-state index is 0.103. The first-order valence-corrected chi connectivity index (χ1v) is 10.6. The molecule has 0 saturated carbocycles. The Morgan fingerprint density at radius 1 is 0.935 bits per heavy atom. The normalized spacial score (nSPS) is 10.5. The van der Waals surface area contributed by atoms with Crippen LogP contribution >= 0.6 is 11.6 Å². The molecule has 0 aliphatic heterocycles. The van der Waals surface area contributed by atoms with E-state index in [1.807, 2.05) is 81.4 Å². The number of benzene rings is 3. The molecule has 3 aromatic rings. The maximum absolute atomic E-state index is 12.3. The van der Waals surface area contributed by atoms with Crippen LogP contribution in [-0.4, -0.2) is 19.1 Å². The van der Waals surface area contributed by atoms with Crippen LogP contribution in [0.25, 0.3) is 0 Å². The predicted molar refractivity (Wildman–Crippen MR) is 126 cm³/mol. The van der Waals surface area contributed by atoms with Gasteiger partial charge in [-0.1, -0.05) is 41.9 Å². The van der Waals surface area contributed by atoms with E-state index in [-0.39, 0.29) is 12.5 Å². The summed E-state index contributed by atoms with van der Waals surface area (Å²) in [6.07, 6.45) is 0. The molecule has 0 aliphatic carbocycles. The molecule has 162 valence electrons. The Morgan fingerprint density at radius 3 is 2.48 bits per heavy atom. The van der Waals surface area contributed by atoms with Crippen LogP contribution in [0.1, 0.15) is 23.6 Å². The smallest absolute Gasteiger partial charge is 0.262 e. The molecule has 2 N–H and O–H groups in total. The highest BCUT2D eigenvalue weighted by atomic mass is 35.5. The lowest BCUT2D eigenvalue weighted by Crippen LogP contribution is -2.20. The van der Waals surface area contributed by atoms with Crippen LogP contribution in [0.4, 0.5) is 11.4 Å². The highest BCUT2D eigenvalue weighted by Crippen LogP contribution is 2.29. The van der Waals surface area contributed by atoms with E-state index < -0.39 is 0 Å². The number of para-hydroxylation sites is 1. The van der Waals surface area contributed by atoms with Crippen LogP contribution < -0.4 is 20.1 Å². The molecular formula is C25H27ClN2O3. The zero-order valence-corrected chi connectivity index (χ0v) is 18.8. The van der Waals surface area contributed by atoms with Crippen LogP contribution in [0, 0.1) is 13.8 Å². The van der Waals surface area contributed by atoms with Crippen molar-refractivity contribution in [2.75, 3.05) is 23.8 Å². The van der Waals surface area contributed by atoms with E-state index in [2.05, 4.69) is 10.6 Å². The molecule has 31 heavy (non-hydrogen) atoms. The average Bonchev–Trinajstić information content (AvgIpc) is 2.76. The number of rotatable bonds is 9. The van der Waals surface area contributed by atoms with Gasteiger partial charge >= 0.3 is 0 Å². The molecule has 1 amide bonds. The van der Waals surface area contributed by atoms with Crippen molar-refractivity contribution in [2.45, 2.75) is 27.3 Å². The summed E-state index contributed by atoms with van der Waals surface area (Å²) in [5, 5.41) is 6.95. The van der Waals surface area contributed by atoms with Crippen molar-refractivity contribution in [1.29, 1.82) is 0 Å². The molecule has 0 bridgehead atoms. The number of hydrogen-bond acceptors (Lipinski definition) is 4. The van der Waals surface area contributed by atoms with E-state index in [0.717, 1.165) is 33.1 Å². The lowest BCUT2D eigenvalue weighted by Gasteiger charge is -2.15. The molecule has 0 aromatic heterocycles. The Labute approximate surface area is 188 Å². The third-order valence-corrected chi connectivity index (χ3v) is 5.16. The van der Waals surface area contributed by atoms with Gasteiger partial charge in [-0.05, 0) is 67.8 Å². The van der Waals surface area contributed by atoms with Crippen molar-refractivity contribution in [3.05, 3.63) is 82.4 Å². The van der Waals surface area contributed by atoms with Crippen molar-refractivity contribution in [3.8, 4) is 11.5 Å². The number of carbonyl (C=O) groups is 1. The number of anilines is 2. The van der Waals surface area contributed by atoms with Gasteiger partial charge in [-0.15, -0.1) is 0 Å². The number of ether oxygens (including phenoxy) is 2. The first kappa shape index (κ1) is 22.5. The predicted octanol–water partition coefficient (Wildman–Crippen LogP) is 5.99. The van der Waals surface area contributed by atoms with Crippen LogP contribution in [0.15, 0.2) is 60.7 Å². The highest BCUT2D eigenvalue weighted by Gasteiger charge is 2.10. The number of aryl methyl sites for hydroxylation is 2. The molecule has 0 radical (unpaired) electrons. The quantitative estimate of drug-likeness (QED) is 0.431. The summed E-state index contributed by atoms with van der Waals surface area (Å²) in [6, 6.07) is 19.2. The van der Waals surface area contributed by atoms with Crippen molar-refractivity contribution in [3.63, 3.8) is 0 Å². The summed E-state index contributed by atoms with van der Waals surface area (Å²) in [5.74, 6) is 0.912. The number of carbonyl (C=O) groups excluding carboxylic acids is 1. The molecule has 0 fully saturated rings. The van der Waals surface area contributed by atoms with Crippen LogP contribution in [0.3, 0.4) is 0 Å². The van der Waals surface area contributed by atoms with E-state index in [1.54, 1.807) is 0 Å². The molecule has 5 nitrogen and oxygen atoms in total. The SMILES string of the molecule is CCOc1cc(CNc2ccc(C)c(Cl)c2)ccc1OCC(=O)Nc1ccccc1C. The standard InChI is InChI=1S/C25H27ClN2O3/c1-4-30-24-13-19(15-27-20-11-9-17(2)21(26)14-20)10-12-23(24)31-16-25(29)28-22-8-6-5-7-18(22)3/h5-14,27H,4,15-16H2,1-3H3,(H,28,29). The summed E-state index contributed by atoms with van der Waals surface area (Å²) < 4.78 is 11.5. The van der Waals surface area contributed by atoms with Gasteiger partial charge in [-0.2, -0.15) is 0 Å². The lowest BCUT2D eigenvalue weighted by atomic mass is 10.2. The number of nitrogens with one attached hydrogen (secondary N) is 2. The van der Waals surface area contributed by atoms with E-state index >= 15 is 0 Å². The maximum Gasteiger partial charge on any atom is 0.262 e. The Bertz CT molecular complexity index is 1050. The van der Waals surface area contributed by atoms with Gasteiger partial charge in [-0.3, -0.25) is 4.79 Å². The van der Waals surface area contributed by atoms with Crippen molar-refractivity contribution >= 4 is 28.9 Å². The molecule has 0 heterocycles. The minimum Gasteiger partial charge on any atom is -0.490 e. The van der Waals surface area contributed by atoms with Gasteiger partial charge in [0.05, 0.1) is 6.61 Å². The maximum atomic E-state index is 12.3. The molecule has 0 unspecified atom stereocenters. The lowest BCUT2D eigenvalue weighted by molar-refractivity contribution is -0.118. The van der Waals surface area contributed by atoms with Crippen LogP contribution in [-0.2, 0) is 11.3 Å². The fourth-order valence-electron chi connectivity index (χ4n) is 3.00. The molecule has 6 heteroatoms. The summed E-state index contributed by atoms with van der Waals surface area (Å²) in [5.41, 5.74) is 4.79. The molecule has 0 saturated heterocycles. The van der Waals surface area contributed by atoms with E-state index in [9.17, 15) is 4.79 Å².